The second kappa shape index (κ2) is 8.45. The molecule has 0 fully saturated rings. The van der Waals surface area contributed by atoms with Crippen LogP contribution in [0.2, 0.25) is 0 Å². The summed E-state index contributed by atoms with van der Waals surface area (Å²) < 4.78 is 13.4. The topological polar surface area (TPSA) is 53.1 Å². The fourth-order valence-electron chi connectivity index (χ4n) is 3.38. The summed E-state index contributed by atoms with van der Waals surface area (Å²) in [5.74, 6) is 1.49. The fourth-order valence-corrected chi connectivity index (χ4v) is 3.38. The first-order valence-corrected chi connectivity index (χ1v) is 9.83. The Hall–Kier alpha value is -3.18. The third-order valence-corrected chi connectivity index (χ3v) is 5.07. The molecule has 0 aliphatic carbocycles. The van der Waals surface area contributed by atoms with Gasteiger partial charge in [-0.15, -0.1) is 0 Å². The van der Waals surface area contributed by atoms with E-state index in [9.17, 15) is 0 Å². The van der Waals surface area contributed by atoms with Gasteiger partial charge in [0.25, 0.3) is 0 Å². The highest BCUT2D eigenvalue weighted by molar-refractivity contribution is 5.65. The molecule has 148 valence electrons. The molecule has 0 bridgehead atoms. The van der Waals surface area contributed by atoms with Crippen molar-refractivity contribution >= 4 is 0 Å². The molecule has 2 aromatic carbocycles. The van der Waals surface area contributed by atoms with Crippen molar-refractivity contribution in [2.75, 3.05) is 6.61 Å². The normalized spacial score (nSPS) is 11.1. The number of oxazole rings is 1. The van der Waals surface area contributed by atoms with Gasteiger partial charge in [0.05, 0.1) is 18.5 Å². The first-order chi connectivity index (χ1) is 14.1. The molecule has 0 spiro atoms. The molecule has 4 aromatic rings. The maximum atomic E-state index is 6.04. The Morgan fingerprint density at radius 3 is 2.55 bits per heavy atom. The summed E-state index contributed by atoms with van der Waals surface area (Å²) in [5, 5.41) is 4.23. The zero-order valence-corrected chi connectivity index (χ0v) is 17.1. The SMILES string of the molecule is CCOCc1ccc(C)c(Cc2ncc(-c3ccc(-c4ccnn4C)cc3)o2)c1. The standard InChI is InChI=1S/C24H25N3O2/c1-4-28-16-18-6-5-17(2)21(13-18)14-24-25-15-23(29-24)20-9-7-19(8-10-20)22-11-12-26-27(22)3/h5-13,15H,4,14,16H2,1-3H3. The van der Waals surface area contributed by atoms with Crippen molar-refractivity contribution in [3.63, 3.8) is 0 Å². The summed E-state index contributed by atoms with van der Waals surface area (Å²) in [7, 11) is 1.94. The van der Waals surface area contributed by atoms with Crippen LogP contribution in [-0.4, -0.2) is 21.4 Å². The second-order valence-electron chi connectivity index (χ2n) is 7.11. The number of hydrogen-bond acceptors (Lipinski definition) is 4. The molecule has 0 unspecified atom stereocenters. The Morgan fingerprint density at radius 2 is 1.83 bits per heavy atom. The molecule has 0 saturated carbocycles. The smallest absolute Gasteiger partial charge is 0.199 e. The molecular weight excluding hydrogens is 362 g/mol. The number of nitrogens with zero attached hydrogens (tertiary/aromatic N) is 3. The minimum atomic E-state index is 0.629. The molecular formula is C24H25N3O2. The maximum absolute atomic E-state index is 6.04. The highest BCUT2D eigenvalue weighted by Crippen LogP contribution is 2.26. The highest BCUT2D eigenvalue weighted by Gasteiger charge is 2.10. The lowest BCUT2D eigenvalue weighted by atomic mass is 10.0. The number of benzene rings is 2. The molecule has 5 nitrogen and oxygen atoms in total. The van der Waals surface area contributed by atoms with E-state index >= 15 is 0 Å². The lowest BCUT2D eigenvalue weighted by Crippen LogP contribution is -1.97. The van der Waals surface area contributed by atoms with Gasteiger partial charge in [0.2, 0.25) is 0 Å². The third-order valence-electron chi connectivity index (χ3n) is 5.07. The van der Waals surface area contributed by atoms with Crippen LogP contribution in [0.25, 0.3) is 22.6 Å². The van der Waals surface area contributed by atoms with Gasteiger partial charge in [0.15, 0.2) is 11.7 Å². The highest BCUT2D eigenvalue weighted by atomic mass is 16.5. The average molecular weight is 387 g/mol. The van der Waals surface area contributed by atoms with Crippen LogP contribution in [0.3, 0.4) is 0 Å². The van der Waals surface area contributed by atoms with Gasteiger partial charge >= 0.3 is 0 Å². The number of ether oxygens (including phenoxy) is 1. The molecule has 5 heteroatoms. The van der Waals surface area contributed by atoms with Gasteiger partial charge in [-0.25, -0.2) is 4.98 Å². The van der Waals surface area contributed by atoms with Crippen LogP contribution in [0.1, 0.15) is 29.5 Å². The molecule has 0 atom stereocenters. The summed E-state index contributed by atoms with van der Waals surface area (Å²) in [6, 6.07) is 16.7. The van der Waals surface area contributed by atoms with Crippen LogP contribution < -0.4 is 0 Å². The second-order valence-corrected chi connectivity index (χ2v) is 7.11. The number of rotatable bonds is 7. The average Bonchev–Trinajstić information content (AvgIpc) is 3.38. The monoisotopic (exact) mass is 387 g/mol. The van der Waals surface area contributed by atoms with E-state index in [4.69, 9.17) is 9.15 Å². The number of hydrogen-bond donors (Lipinski definition) is 0. The van der Waals surface area contributed by atoms with Gasteiger partial charge in [-0.2, -0.15) is 5.10 Å². The largest absolute Gasteiger partial charge is 0.440 e. The Bertz CT molecular complexity index is 1090. The van der Waals surface area contributed by atoms with Gasteiger partial charge in [0.1, 0.15) is 0 Å². The van der Waals surface area contributed by atoms with E-state index in [0.717, 1.165) is 22.6 Å². The molecule has 0 aliphatic rings. The molecule has 0 aliphatic heterocycles. The van der Waals surface area contributed by atoms with Gasteiger partial charge < -0.3 is 9.15 Å². The lowest BCUT2D eigenvalue weighted by molar-refractivity contribution is 0.134. The van der Waals surface area contributed by atoms with Crippen molar-refractivity contribution in [1.29, 1.82) is 0 Å². The van der Waals surface area contributed by atoms with Crippen molar-refractivity contribution in [1.82, 2.24) is 14.8 Å². The molecule has 0 saturated heterocycles. The first-order valence-electron chi connectivity index (χ1n) is 9.83. The Kier molecular flexibility index (Phi) is 5.58. The van der Waals surface area contributed by atoms with E-state index in [1.54, 1.807) is 12.4 Å². The minimum absolute atomic E-state index is 0.629. The van der Waals surface area contributed by atoms with E-state index in [1.165, 1.54) is 16.7 Å². The van der Waals surface area contributed by atoms with Crippen molar-refractivity contribution in [2.45, 2.75) is 26.9 Å². The number of aryl methyl sites for hydroxylation is 2. The maximum Gasteiger partial charge on any atom is 0.199 e. The fraction of sp³-hybridized carbons (Fsp3) is 0.250. The van der Waals surface area contributed by atoms with E-state index in [0.29, 0.717) is 25.5 Å². The summed E-state index contributed by atoms with van der Waals surface area (Å²) in [6.45, 7) is 5.46. The van der Waals surface area contributed by atoms with E-state index in [1.807, 2.05) is 24.7 Å². The minimum Gasteiger partial charge on any atom is -0.440 e. The molecule has 0 radical (unpaired) electrons. The van der Waals surface area contributed by atoms with Crippen LogP contribution in [0.4, 0.5) is 0 Å². The van der Waals surface area contributed by atoms with Gasteiger partial charge in [-0.05, 0) is 42.2 Å². The Labute approximate surface area is 171 Å². The molecule has 0 amide bonds. The molecule has 4 rings (SSSR count). The Morgan fingerprint density at radius 1 is 1.03 bits per heavy atom. The predicted molar refractivity (Wildman–Crippen MR) is 113 cm³/mol. The van der Waals surface area contributed by atoms with Gasteiger partial charge in [0, 0.05) is 31.8 Å². The lowest BCUT2D eigenvalue weighted by Gasteiger charge is -2.08. The first kappa shape index (κ1) is 19.2. The molecule has 2 aromatic heterocycles. The zero-order valence-electron chi connectivity index (χ0n) is 17.1. The third kappa shape index (κ3) is 4.30. The predicted octanol–water partition coefficient (Wildman–Crippen LogP) is 5.18. The van der Waals surface area contributed by atoms with Crippen LogP contribution >= 0.6 is 0 Å². The zero-order chi connectivity index (χ0) is 20.2. The molecule has 2 heterocycles. The number of aromatic nitrogens is 3. The molecule has 29 heavy (non-hydrogen) atoms. The van der Waals surface area contributed by atoms with E-state index < -0.39 is 0 Å². The van der Waals surface area contributed by atoms with E-state index in [2.05, 4.69) is 59.5 Å². The summed E-state index contributed by atoms with van der Waals surface area (Å²) in [5.41, 5.74) is 6.82. The van der Waals surface area contributed by atoms with Crippen LogP contribution in [0.15, 0.2) is 65.3 Å². The van der Waals surface area contributed by atoms with Crippen LogP contribution in [-0.2, 0) is 24.8 Å². The van der Waals surface area contributed by atoms with Crippen LogP contribution in [0, 0.1) is 6.92 Å². The molecule has 0 N–H and O–H groups in total. The van der Waals surface area contributed by atoms with Crippen molar-refractivity contribution < 1.29 is 9.15 Å². The van der Waals surface area contributed by atoms with Gasteiger partial charge in [-0.1, -0.05) is 42.5 Å². The van der Waals surface area contributed by atoms with Crippen molar-refractivity contribution in [3.8, 4) is 22.6 Å². The summed E-state index contributed by atoms with van der Waals surface area (Å²) >= 11 is 0. The Balaban J connectivity index is 1.51. The van der Waals surface area contributed by atoms with Crippen molar-refractivity contribution in [3.05, 3.63) is 83.5 Å². The van der Waals surface area contributed by atoms with E-state index in [-0.39, 0.29) is 0 Å². The summed E-state index contributed by atoms with van der Waals surface area (Å²) in [6.07, 6.45) is 4.27. The van der Waals surface area contributed by atoms with Crippen LogP contribution in [0.5, 0.6) is 0 Å². The summed E-state index contributed by atoms with van der Waals surface area (Å²) in [4.78, 5) is 4.50. The quantitative estimate of drug-likeness (QED) is 0.439. The van der Waals surface area contributed by atoms with Crippen molar-refractivity contribution in [2.24, 2.45) is 7.05 Å². The van der Waals surface area contributed by atoms with Gasteiger partial charge in [-0.3, -0.25) is 4.68 Å².